The molecular formula is C9H20ClNO. The molecule has 0 aromatic carbocycles. The van der Waals surface area contributed by atoms with Crippen molar-refractivity contribution in [2.45, 2.75) is 38.8 Å². The Morgan fingerprint density at radius 1 is 1.50 bits per heavy atom. The van der Waals surface area contributed by atoms with Crippen molar-refractivity contribution in [3.63, 3.8) is 0 Å². The van der Waals surface area contributed by atoms with Crippen molar-refractivity contribution >= 4 is 11.6 Å². The number of hydrogen-bond acceptors (Lipinski definition) is 2. The first kappa shape index (κ1) is 12.2. The summed E-state index contributed by atoms with van der Waals surface area (Å²) in [5, 5.41) is 3.44. The van der Waals surface area contributed by atoms with Crippen molar-refractivity contribution in [2.75, 3.05) is 19.6 Å². The van der Waals surface area contributed by atoms with E-state index in [1.807, 2.05) is 0 Å². The quantitative estimate of drug-likeness (QED) is 0.625. The van der Waals surface area contributed by atoms with Gasteiger partial charge in [0.1, 0.15) is 0 Å². The standard InChI is InChI=1S/C9H20ClNO/c1-4-9(7-10)11-8(2)5-6-12-3/h8-9,11H,4-7H2,1-3H3. The lowest BCUT2D eigenvalue weighted by molar-refractivity contribution is 0.183. The van der Waals surface area contributed by atoms with Crippen LogP contribution in [0.25, 0.3) is 0 Å². The zero-order valence-corrected chi connectivity index (χ0v) is 9.03. The van der Waals surface area contributed by atoms with Crippen molar-refractivity contribution in [2.24, 2.45) is 0 Å². The highest BCUT2D eigenvalue weighted by molar-refractivity contribution is 6.18. The van der Waals surface area contributed by atoms with Gasteiger partial charge in [0.15, 0.2) is 0 Å². The zero-order chi connectivity index (χ0) is 9.40. The molecule has 3 heteroatoms. The van der Waals surface area contributed by atoms with Crippen molar-refractivity contribution in [3.8, 4) is 0 Å². The van der Waals surface area contributed by atoms with Gasteiger partial charge in [-0.05, 0) is 19.8 Å². The zero-order valence-electron chi connectivity index (χ0n) is 8.27. The molecule has 0 aliphatic rings. The highest BCUT2D eigenvalue weighted by Gasteiger charge is 2.07. The summed E-state index contributed by atoms with van der Waals surface area (Å²) < 4.78 is 4.99. The lowest BCUT2D eigenvalue weighted by atomic mass is 10.2. The third kappa shape index (κ3) is 5.81. The van der Waals surface area contributed by atoms with E-state index in [1.165, 1.54) is 0 Å². The van der Waals surface area contributed by atoms with Crippen molar-refractivity contribution in [1.82, 2.24) is 5.32 Å². The summed E-state index contributed by atoms with van der Waals surface area (Å²) in [5.74, 6) is 0.688. The molecule has 0 fully saturated rings. The van der Waals surface area contributed by atoms with Gasteiger partial charge in [-0.25, -0.2) is 0 Å². The van der Waals surface area contributed by atoms with Crippen LogP contribution in [0.1, 0.15) is 26.7 Å². The van der Waals surface area contributed by atoms with Gasteiger partial charge in [-0.2, -0.15) is 0 Å². The molecule has 0 aromatic rings. The molecule has 2 atom stereocenters. The summed E-state index contributed by atoms with van der Waals surface area (Å²) in [6, 6.07) is 0.937. The number of nitrogens with one attached hydrogen (secondary N) is 1. The largest absolute Gasteiger partial charge is 0.385 e. The molecule has 0 aromatic heterocycles. The number of rotatable bonds is 7. The van der Waals surface area contributed by atoms with Gasteiger partial charge < -0.3 is 10.1 Å². The Bertz CT molecular complexity index is 96.5. The van der Waals surface area contributed by atoms with Crippen LogP contribution in [0.15, 0.2) is 0 Å². The molecule has 2 unspecified atom stereocenters. The molecule has 0 saturated carbocycles. The van der Waals surface area contributed by atoms with Gasteiger partial charge in [-0.15, -0.1) is 11.6 Å². The minimum Gasteiger partial charge on any atom is -0.385 e. The number of hydrogen-bond donors (Lipinski definition) is 1. The van der Waals surface area contributed by atoms with Crippen LogP contribution in [-0.4, -0.2) is 31.7 Å². The summed E-state index contributed by atoms with van der Waals surface area (Å²) in [6.45, 7) is 5.12. The predicted octanol–water partition coefficient (Wildman–Crippen LogP) is 2.02. The average molecular weight is 194 g/mol. The highest BCUT2D eigenvalue weighted by Crippen LogP contribution is 1.99. The first-order valence-corrected chi connectivity index (χ1v) is 5.09. The Hall–Kier alpha value is 0.210. The maximum Gasteiger partial charge on any atom is 0.0476 e. The van der Waals surface area contributed by atoms with E-state index in [9.17, 15) is 0 Å². The van der Waals surface area contributed by atoms with Gasteiger partial charge in [0.25, 0.3) is 0 Å². The van der Waals surface area contributed by atoms with Gasteiger partial charge in [0.05, 0.1) is 0 Å². The van der Waals surface area contributed by atoms with Gasteiger partial charge >= 0.3 is 0 Å². The molecule has 1 N–H and O–H groups in total. The number of alkyl halides is 1. The van der Waals surface area contributed by atoms with Crippen molar-refractivity contribution in [1.29, 1.82) is 0 Å². The maximum absolute atomic E-state index is 5.75. The predicted molar refractivity (Wildman–Crippen MR) is 53.9 cm³/mol. The lowest BCUT2D eigenvalue weighted by Gasteiger charge is -2.19. The maximum atomic E-state index is 5.75. The molecule has 0 aliphatic carbocycles. The fraction of sp³-hybridized carbons (Fsp3) is 1.00. The van der Waals surface area contributed by atoms with Gasteiger partial charge in [-0.1, -0.05) is 6.92 Å². The van der Waals surface area contributed by atoms with Crippen molar-refractivity contribution < 1.29 is 4.74 Å². The summed E-state index contributed by atoms with van der Waals surface area (Å²) in [6.07, 6.45) is 2.13. The second-order valence-corrected chi connectivity index (χ2v) is 3.42. The number of ether oxygens (including phenoxy) is 1. The Kier molecular flexibility index (Phi) is 7.98. The van der Waals surface area contributed by atoms with Gasteiger partial charge in [-0.3, -0.25) is 0 Å². The molecule has 0 saturated heterocycles. The summed E-state index contributed by atoms with van der Waals surface area (Å²) in [7, 11) is 1.73. The molecular weight excluding hydrogens is 174 g/mol. The third-order valence-electron chi connectivity index (χ3n) is 1.95. The minimum absolute atomic E-state index is 0.443. The Morgan fingerprint density at radius 2 is 2.17 bits per heavy atom. The SMILES string of the molecule is CCC(CCl)NC(C)CCOC. The van der Waals surface area contributed by atoms with Crippen LogP contribution in [0.4, 0.5) is 0 Å². The average Bonchev–Trinajstić information content (AvgIpc) is 2.10. The number of methoxy groups -OCH3 is 1. The molecule has 0 spiro atoms. The van der Waals surface area contributed by atoms with Crippen LogP contribution in [0, 0.1) is 0 Å². The molecule has 12 heavy (non-hydrogen) atoms. The minimum atomic E-state index is 0.443. The van der Waals surface area contributed by atoms with E-state index in [4.69, 9.17) is 16.3 Å². The van der Waals surface area contributed by atoms with Gasteiger partial charge in [0.2, 0.25) is 0 Å². The highest BCUT2D eigenvalue weighted by atomic mass is 35.5. The van der Waals surface area contributed by atoms with E-state index in [0.29, 0.717) is 18.0 Å². The molecule has 0 aliphatic heterocycles. The second-order valence-electron chi connectivity index (χ2n) is 3.11. The fourth-order valence-electron chi connectivity index (χ4n) is 1.05. The summed E-state index contributed by atoms with van der Waals surface area (Å²) in [5.41, 5.74) is 0. The Balaban J connectivity index is 3.44. The van der Waals surface area contributed by atoms with Crippen molar-refractivity contribution in [3.05, 3.63) is 0 Å². The number of halogens is 1. The first-order chi connectivity index (χ1) is 5.74. The van der Waals surface area contributed by atoms with Crippen LogP contribution in [0.5, 0.6) is 0 Å². The smallest absolute Gasteiger partial charge is 0.0476 e. The Labute approximate surface area is 80.6 Å². The van der Waals surface area contributed by atoms with Crippen LogP contribution >= 0.6 is 11.6 Å². The molecule has 0 rings (SSSR count). The molecule has 0 amide bonds. The molecule has 0 heterocycles. The second kappa shape index (κ2) is 7.84. The van der Waals surface area contributed by atoms with E-state index < -0.39 is 0 Å². The van der Waals surface area contributed by atoms with Crippen LogP contribution in [0.2, 0.25) is 0 Å². The van der Waals surface area contributed by atoms with Gasteiger partial charge in [0, 0.05) is 31.7 Å². The van der Waals surface area contributed by atoms with E-state index in [1.54, 1.807) is 7.11 Å². The van der Waals surface area contributed by atoms with E-state index >= 15 is 0 Å². The van der Waals surface area contributed by atoms with Crippen LogP contribution < -0.4 is 5.32 Å². The Morgan fingerprint density at radius 3 is 2.58 bits per heavy atom. The molecule has 2 nitrogen and oxygen atoms in total. The van der Waals surface area contributed by atoms with Crippen LogP contribution in [-0.2, 0) is 4.74 Å². The normalized spacial score (nSPS) is 16.0. The molecule has 0 radical (unpaired) electrons. The van der Waals surface area contributed by atoms with Crippen LogP contribution in [0.3, 0.4) is 0 Å². The first-order valence-electron chi connectivity index (χ1n) is 4.55. The monoisotopic (exact) mass is 193 g/mol. The summed E-state index contributed by atoms with van der Waals surface area (Å²) in [4.78, 5) is 0. The topological polar surface area (TPSA) is 21.3 Å². The summed E-state index contributed by atoms with van der Waals surface area (Å²) >= 11 is 5.75. The molecule has 0 bridgehead atoms. The molecule has 74 valence electrons. The lowest BCUT2D eigenvalue weighted by Crippen LogP contribution is -2.37. The van der Waals surface area contributed by atoms with E-state index in [0.717, 1.165) is 19.4 Å². The van der Waals surface area contributed by atoms with E-state index in [2.05, 4.69) is 19.2 Å². The third-order valence-corrected chi connectivity index (χ3v) is 2.33. The fourth-order valence-corrected chi connectivity index (χ4v) is 1.36. The van der Waals surface area contributed by atoms with E-state index in [-0.39, 0.29) is 0 Å².